The SMILES string of the molecule is CC1=NC(=Cc2ccc([N+](=O)[O-])cc2)C(=O)N1c1cc(Cl)ccc1C. The van der Waals surface area contributed by atoms with E-state index in [1.165, 1.54) is 17.0 Å². The number of hydrogen-bond donors (Lipinski definition) is 0. The number of nitro groups is 1. The summed E-state index contributed by atoms with van der Waals surface area (Å²) in [6, 6.07) is 11.3. The van der Waals surface area contributed by atoms with Crippen LogP contribution in [0.4, 0.5) is 11.4 Å². The molecule has 0 saturated heterocycles. The molecule has 0 N–H and O–H groups in total. The third-order valence-electron chi connectivity index (χ3n) is 3.85. The van der Waals surface area contributed by atoms with E-state index in [0.717, 1.165) is 5.56 Å². The molecule has 7 heteroatoms. The van der Waals surface area contributed by atoms with Crippen LogP contribution in [0, 0.1) is 17.0 Å². The van der Waals surface area contributed by atoms with E-state index in [2.05, 4.69) is 4.99 Å². The van der Waals surface area contributed by atoms with Gasteiger partial charge in [0.15, 0.2) is 0 Å². The van der Waals surface area contributed by atoms with Crippen molar-refractivity contribution >= 4 is 40.8 Å². The molecule has 2 aromatic carbocycles. The number of aliphatic imine (C=N–C) groups is 1. The molecule has 0 bridgehead atoms. The zero-order valence-electron chi connectivity index (χ0n) is 13.6. The van der Waals surface area contributed by atoms with E-state index >= 15 is 0 Å². The van der Waals surface area contributed by atoms with Gasteiger partial charge in [0.05, 0.1) is 10.6 Å². The highest BCUT2D eigenvalue weighted by Crippen LogP contribution is 2.30. The number of carbonyl (C=O) groups excluding carboxylic acids is 1. The molecule has 0 aromatic heterocycles. The van der Waals surface area contributed by atoms with Crippen LogP contribution in [0.1, 0.15) is 18.1 Å². The number of anilines is 1. The minimum absolute atomic E-state index is 0.00393. The first kappa shape index (κ1) is 16.9. The van der Waals surface area contributed by atoms with E-state index in [-0.39, 0.29) is 17.3 Å². The maximum absolute atomic E-state index is 12.8. The van der Waals surface area contributed by atoms with Gasteiger partial charge in [0.25, 0.3) is 11.6 Å². The molecule has 3 rings (SSSR count). The number of non-ortho nitro benzene ring substituents is 1. The number of halogens is 1. The van der Waals surface area contributed by atoms with Crippen LogP contribution in [0.15, 0.2) is 53.2 Å². The summed E-state index contributed by atoms with van der Waals surface area (Å²) in [6.45, 7) is 3.64. The number of amides is 1. The van der Waals surface area contributed by atoms with Gasteiger partial charge in [0.2, 0.25) is 0 Å². The van der Waals surface area contributed by atoms with Crippen molar-refractivity contribution in [3.8, 4) is 0 Å². The molecule has 1 amide bonds. The largest absolute Gasteiger partial charge is 0.282 e. The first-order valence-corrected chi connectivity index (χ1v) is 7.86. The second-order valence-electron chi connectivity index (χ2n) is 5.61. The molecule has 0 atom stereocenters. The van der Waals surface area contributed by atoms with E-state index < -0.39 is 4.92 Å². The molecule has 1 aliphatic rings. The van der Waals surface area contributed by atoms with Gasteiger partial charge in [0, 0.05) is 17.2 Å². The van der Waals surface area contributed by atoms with Gasteiger partial charge in [-0.2, -0.15) is 0 Å². The van der Waals surface area contributed by atoms with E-state index in [1.54, 1.807) is 37.3 Å². The lowest BCUT2D eigenvalue weighted by molar-refractivity contribution is -0.384. The number of nitro benzene ring substituents is 1. The Bertz CT molecular complexity index is 933. The summed E-state index contributed by atoms with van der Waals surface area (Å²) >= 11 is 6.05. The van der Waals surface area contributed by atoms with E-state index in [4.69, 9.17) is 11.6 Å². The van der Waals surface area contributed by atoms with Crippen LogP contribution in [0.5, 0.6) is 0 Å². The third-order valence-corrected chi connectivity index (χ3v) is 4.08. The van der Waals surface area contributed by atoms with E-state index in [0.29, 0.717) is 22.1 Å². The minimum Gasteiger partial charge on any atom is -0.266 e. The number of aryl methyl sites for hydroxylation is 1. The van der Waals surface area contributed by atoms with Crippen LogP contribution in [0.3, 0.4) is 0 Å². The lowest BCUT2D eigenvalue weighted by Crippen LogP contribution is -2.30. The highest BCUT2D eigenvalue weighted by atomic mass is 35.5. The molecular weight excluding hydrogens is 342 g/mol. The van der Waals surface area contributed by atoms with Crippen molar-refractivity contribution in [2.75, 3.05) is 4.90 Å². The van der Waals surface area contributed by atoms with Crippen molar-refractivity contribution in [1.29, 1.82) is 0 Å². The van der Waals surface area contributed by atoms with E-state index in [9.17, 15) is 14.9 Å². The van der Waals surface area contributed by atoms with Crippen LogP contribution < -0.4 is 4.90 Å². The van der Waals surface area contributed by atoms with Gasteiger partial charge < -0.3 is 0 Å². The Morgan fingerprint density at radius 1 is 1.16 bits per heavy atom. The topological polar surface area (TPSA) is 75.8 Å². The number of hydrogen-bond acceptors (Lipinski definition) is 4. The van der Waals surface area contributed by atoms with Gasteiger partial charge in [-0.15, -0.1) is 0 Å². The fourth-order valence-corrected chi connectivity index (χ4v) is 2.75. The Labute approximate surface area is 149 Å². The molecule has 126 valence electrons. The lowest BCUT2D eigenvalue weighted by Gasteiger charge is -2.18. The predicted octanol–water partition coefficient (Wildman–Crippen LogP) is 4.36. The highest BCUT2D eigenvalue weighted by molar-refractivity contribution is 6.32. The van der Waals surface area contributed by atoms with Crippen LogP contribution >= 0.6 is 11.6 Å². The molecule has 6 nitrogen and oxygen atoms in total. The van der Waals surface area contributed by atoms with Gasteiger partial charge in [-0.1, -0.05) is 17.7 Å². The van der Waals surface area contributed by atoms with Crippen molar-refractivity contribution in [1.82, 2.24) is 0 Å². The Hall–Kier alpha value is -2.99. The molecule has 0 radical (unpaired) electrons. The van der Waals surface area contributed by atoms with Crippen LogP contribution in [0.25, 0.3) is 6.08 Å². The maximum atomic E-state index is 12.8. The normalized spacial score (nSPS) is 15.6. The van der Waals surface area contributed by atoms with Crippen molar-refractivity contribution in [3.63, 3.8) is 0 Å². The van der Waals surface area contributed by atoms with Crippen molar-refractivity contribution in [2.45, 2.75) is 13.8 Å². The monoisotopic (exact) mass is 355 g/mol. The number of carbonyl (C=O) groups is 1. The summed E-state index contributed by atoms with van der Waals surface area (Å²) in [7, 11) is 0. The number of amidine groups is 1. The molecular formula is C18H14ClN3O3. The van der Waals surface area contributed by atoms with Gasteiger partial charge in [-0.3, -0.25) is 19.8 Å². The maximum Gasteiger partial charge on any atom is 0.282 e. The Morgan fingerprint density at radius 3 is 2.48 bits per heavy atom. The smallest absolute Gasteiger partial charge is 0.266 e. The first-order valence-electron chi connectivity index (χ1n) is 7.49. The number of rotatable bonds is 3. The molecule has 0 saturated carbocycles. The quantitative estimate of drug-likeness (QED) is 0.466. The van der Waals surface area contributed by atoms with Crippen LogP contribution in [-0.4, -0.2) is 16.7 Å². The van der Waals surface area contributed by atoms with Gasteiger partial charge in [-0.05, 0) is 55.3 Å². The second-order valence-corrected chi connectivity index (χ2v) is 6.05. The zero-order valence-corrected chi connectivity index (χ0v) is 14.3. The van der Waals surface area contributed by atoms with Crippen molar-refractivity contribution in [3.05, 3.63) is 74.4 Å². The Morgan fingerprint density at radius 2 is 1.84 bits per heavy atom. The molecule has 0 unspecified atom stereocenters. The molecule has 0 aliphatic carbocycles. The van der Waals surface area contributed by atoms with Crippen LogP contribution in [0.2, 0.25) is 5.02 Å². The van der Waals surface area contributed by atoms with Gasteiger partial charge in [0.1, 0.15) is 11.5 Å². The third kappa shape index (κ3) is 3.29. The first-order chi connectivity index (χ1) is 11.9. The summed E-state index contributed by atoms with van der Waals surface area (Å²) in [5.74, 6) is 0.282. The summed E-state index contributed by atoms with van der Waals surface area (Å²) in [5.41, 5.74) is 2.52. The Kier molecular flexibility index (Phi) is 4.37. The second kappa shape index (κ2) is 6.49. The lowest BCUT2D eigenvalue weighted by atomic mass is 10.1. The highest BCUT2D eigenvalue weighted by Gasteiger charge is 2.30. The molecule has 1 heterocycles. The van der Waals surface area contributed by atoms with E-state index in [1.807, 2.05) is 13.0 Å². The van der Waals surface area contributed by atoms with Crippen molar-refractivity contribution < 1.29 is 9.72 Å². The average Bonchev–Trinajstić information content (AvgIpc) is 2.84. The number of nitrogens with zero attached hydrogens (tertiary/aromatic N) is 3. The molecule has 2 aromatic rings. The Balaban J connectivity index is 1.94. The summed E-state index contributed by atoms with van der Waals surface area (Å²) in [6.07, 6.45) is 1.61. The van der Waals surface area contributed by atoms with Crippen molar-refractivity contribution in [2.24, 2.45) is 4.99 Å². The molecule has 0 fully saturated rings. The summed E-state index contributed by atoms with van der Waals surface area (Å²) in [4.78, 5) is 28.8. The van der Waals surface area contributed by atoms with Gasteiger partial charge in [-0.25, -0.2) is 4.99 Å². The molecule has 25 heavy (non-hydrogen) atoms. The molecule has 1 aliphatic heterocycles. The zero-order chi connectivity index (χ0) is 18.1. The molecule has 0 spiro atoms. The summed E-state index contributed by atoms with van der Waals surface area (Å²) < 4.78 is 0. The fourth-order valence-electron chi connectivity index (χ4n) is 2.58. The minimum atomic E-state index is -0.469. The predicted molar refractivity (Wildman–Crippen MR) is 97.9 cm³/mol. The average molecular weight is 356 g/mol. The van der Waals surface area contributed by atoms with Crippen LogP contribution in [-0.2, 0) is 4.79 Å². The fraction of sp³-hybridized carbons (Fsp3) is 0.111. The number of benzene rings is 2. The summed E-state index contributed by atoms with van der Waals surface area (Å²) in [5, 5.41) is 11.2. The standard InChI is InChI=1S/C18H14ClN3O3/c1-11-3-6-14(19)10-17(11)21-12(2)20-16(18(21)23)9-13-4-7-15(8-5-13)22(24)25/h3-10H,1-2H3. The van der Waals surface area contributed by atoms with Gasteiger partial charge >= 0.3 is 0 Å².